The quantitative estimate of drug-likeness (QED) is 0.415. The number of rotatable bonds is 3. The van der Waals surface area contributed by atoms with Crippen molar-refractivity contribution < 1.29 is 23.6 Å². The third kappa shape index (κ3) is 5.66. The molecule has 5 heterocycles. The van der Waals surface area contributed by atoms with E-state index in [4.69, 9.17) is 0 Å². The molecule has 0 saturated carbocycles. The zero-order valence-electron chi connectivity index (χ0n) is 28.3. The van der Waals surface area contributed by atoms with Gasteiger partial charge in [-0.3, -0.25) is 24.2 Å². The smallest absolute Gasteiger partial charge is 0.349 e. The van der Waals surface area contributed by atoms with Crippen LogP contribution < -0.4 is 20.8 Å². The van der Waals surface area contributed by atoms with E-state index in [0.717, 1.165) is 11.0 Å². The minimum Gasteiger partial charge on any atom is -0.349 e. The average molecular weight is 662 g/mol. The maximum atomic E-state index is 16.1. The third-order valence-corrected chi connectivity index (χ3v) is 9.12. The van der Waals surface area contributed by atoms with Gasteiger partial charge in [-0.05, 0) is 51.8 Å². The molecule has 2 unspecified atom stereocenters. The molecule has 4 amide bonds. The predicted molar refractivity (Wildman–Crippen MR) is 178 cm³/mol. The van der Waals surface area contributed by atoms with E-state index in [2.05, 4.69) is 26.8 Å². The molecule has 48 heavy (non-hydrogen) atoms. The van der Waals surface area contributed by atoms with Crippen molar-refractivity contribution in [2.24, 2.45) is 0 Å². The summed E-state index contributed by atoms with van der Waals surface area (Å²) in [7, 11) is 2.84. The lowest BCUT2D eigenvalue weighted by Crippen LogP contribution is -2.58. The Balaban J connectivity index is 1.89. The third-order valence-electron chi connectivity index (χ3n) is 9.12. The lowest BCUT2D eigenvalue weighted by Gasteiger charge is -2.44. The van der Waals surface area contributed by atoms with Gasteiger partial charge in [-0.15, -0.1) is 0 Å². The van der Waals surface area contributed by atoms with Crippen molar-refractivity contribution in [3.63, 3.8) is 0 Å². The number of anilines is 2. The van der Waals surface area contributed by atoms with Crippen LogP contribution >= 0.6 is 0 Å². The number of halogens is 1. The maximum absolute atomic E-state index is 16.1. The minimum atomic E-state index is -1.10. The fourth-order valence-corrected chi connectivity index (χ4v) is 6.23. The topological polar surface area (TPSA) is 154 Å². The molecule has 5 rings (SSSR count). The lowest BCUT2D eigenvalue weighted by molar-refractivity contribution is -0.129. The maximum Gasteiger partial charge on any atom is 0.355 e. The van der Waals surface area contributed by atoms with Gasteiger partial charge in [0.1, 0.15) is 17.9 Å². The van der Waals surface area contributed by atoms with Crippen LogP contribution in [0.15, 0.2) is 35.8 Å². The predicted octanol–water partition coefficient (Wildman–Crippen LogP) is 1.99. The summed E-state index contributed by atoms with van der Waals surface area (Å²) in [5.74, 6) is -3.40. The van der Waals surface area contributed by atoms with Crippen molar-refractivity contribution in [2.45, 2.75) is 71.6 Å². The molecule has 3 aromatic heterocycles. The van der Waals surface area contributed by atoms with Crippen LogP contribution in [0, 0.1) is 5.82 Å². The van der Waals surface area contributed by atoms with Gasteiger partial charge in [0.15, 0.2) is 17.2 Å². The van der Waals surface area contributed by atoms with Crippen molar-refractivity contribution in [3.8, 4) is 5.69 Å². The van der Waals surface area contributed by atoms with E-state index in [-0.39, 0.29) is 65.2 Å². The molecule has 0 aliphatic carbocycles. The van der Waals surface area contributed by atoms with Crippen LogP contribution in [0.3, 0.4) is 0 Å². The summed E-state index contributed by atoms with van der Waals surface area (Å²) in [6, 6.07) is -0.130. The number of carbonyl (C=O) groups excluding carboxylic acids is 4. The molecule has 14 nitrogen and oxygen atoms in total. The summed E-state index contributed by atoms with van der Waals surface area (Å²) in [5, 5.41) is 2.75. The van der Waals surface area contributed by atoms with Crippen LogP contribution in [0.4, 0.5) is 15.9 Å². The number of hydrogen-bond acceptors (Lipinski definition) is 9. The molecule has 15 heteroatoms. The summed E-state index contributed by atoms with van der Waals surface area (Å²) >= 11 is 0. The molecule has 1 saturated heterocycles. The van der Waals surface area contributed by atoms with Gasteiger partial charge in [-0.2, -0.15) is 4.98 Å². The van der Waals surface area contributed by atoms with E-state index in [0.29, 0.717) is 5.69 Å². The number of pyridine rings is 2. The second kappa shape index (κ2) is 12.8. The van der Waals surface area contributed by atoms with Gasteiger partial charge in [0, 0.05) is 45.5 Å². The number of fused-ring (bicyclic) bond motifs is 3. The van der Waals surface area contributed by atoms with Gasteiger partial charge in [-0.25, -0.2) is 18.7 Å². The Morgan fingerprint density at radius 1 is 1.06 bits per heavy atom. The summed E-state index contributed by atoms with van der Waals surface area (Å²) in [6.45, 7) is 14.5. The highest BCUT2D eigenvalue weighted by molar-refractivity contribution is 6.03. The highest BCUT2D eigenvalue weighted by atomic mass is 19.1. The first-order valence-electron chi connectivity index (χ1n) is 15.8. The zero-order chi connectivity index (χ0) is 35.4. The first-order valence-corrected chi connectivity index (χ1v) is 15.8. The second-order valence-electron chi connectivity index (χ2n) is 12.7. The summed E-state index contributed by atoms with van der Waals surface area (Å²) in [5.41, 5.74) is -0.646. The van der Waals surface area contributed by atoms with E-state index in [1.807, 2.05) is 32.6 Å². The van der Waals surface area contributed by atoms with Crippen molar-refractivity contribution in [1.82, 2.24) is 34.6 Å². The summed E-state index contributed by atoms with van der Waals surface area (Å²) < 4.78 is 17.3. The number of aromatic nitrogens is 4. The molecule has 3 aromatic rings. The lowest BCUT2D eigenvalue weighted by atomic mass is 10.0. The van der Waals surface area contributed by atoms with Gasteiger partial charge < -0.3 is 24.9 Å². The Labute approximate surface area is 277 Å². The standard InChI is InChI=1S/C33H40FN9O5/c1-10-24(44)41-14-18(5)42(15-17(41)4)28-21-13-22(34)26-32(47)39(8)20(7)30(45)36-19(6)31(46)40(9)23-11-12-35-25(16(2)3)27(23)43(29(21)37-26)33(48)38-28/h10-13,16-20H,1,14-15H2,2-9H3,(H,36,45)/t17-,18+,19?,20?/m1/s1. The van der Waals surface area contributed by atoms with Crippen LogP contribution in [0.5, 0.6) is 0 Å². The molecule has 0 radical (unpaired) electrons. The van der Waals surface area contributed by atoms with E-state index in [1.54, 1.807) is 11.0 Å². The molecule has 0 spiro atoms. The number of amides is 4. The van der Waals surface area contributed by atoms with Crippen LogP contribution in [-0.2, 0) is 14.4 Å². The molecule has 2 bridgehead atoms. The van der Waals surface area contributed by atoms with Crippen molar-refractivity contribution in [2.75, 3.05) is 37.0 Å². The van der Waals surface area contributed by atoms with Crippen molar-refractivity contribution in [3.05, 3.63) is 58.7 Å². The fraction of sp³-hybridized carbons (Fsp3) is 0.455. The van der Waals surface area contributed by atoms with Gasteiger partial charge in [-0.1, -0.05) is 20.4 Å². The zero-order valence-corrected chi connectivity index (χ0v) is 28.3. The number of likely N-dealkylation sites (N-methyl/N-ethyl adjacent to an activating group) is 2. The Morgan fingerprint density at radius 3 is 2.40 bits per heavy atom. The molecule has 2 aliphatic heterocycles. The highest BCUT2D eigenvalue weighted by Crippen LogP contribution is 2.35. The van der Waals surface area contributed by atoms with Crippen LogP contribution in [0.1, 0.15) is 63.6 Å². The van der Waals surface area contributed by atoms with E-state index in [9.17, 15) is 24.0 Å². The normalized spacial score (nSPS) is 22.2. The molecule has 2 aliphatic rings. The first kappa shape index (κ1) is 34.1. The summed E-state index contributed by atoms with van der Waals surface area (Å²) in [6.07, 6.45) is 2.75. The van der Waals surface area contributed by atoms with E-state index in [1.165, 1.54) is 49.7 Å². The molecule has 4 atom stereocenters. The second-order valence-corrected chi connectivity index (χ2v) is 12.7. The van der Waals surface area contributed by atoms with Gasteiger partial charge >= 0.3 is 5.69 Å². The highest BCUT2D eigenvalue weighted by Gasteiger charge is 2.36. The Morgan fingerprint density at radius 2 is 1.75 bits per heavy atom. The Hall–Kier alpha value is -5.21. The first-order chi connectivity index (χ1) is 22.6. The number of carbonyl (C=O) groups is 4. The van der Waals surface area contributed by atoms with Gasteiger partial charge in [0.25, 0.3) is 5.91 Å². The number of nitrogens with one attached hydrogen (secondary N) is 1. The van der Waals surface area contributed by atoms with Crippen molar-refractivity contribution >= 4 is 46.2 Å². The fourth-order valence-electron chi connectivity index (χ4n) is 6.23. The van der Waals surface area contributed by atoms with E-state index >= 15 is 4.39 Å². The number of hydrogen-bond donors (Lipinski definition) is 1. The van der Waals surface area contributed by atoms with Crippen LogP contribution in [0.2, 0.25) is 0 Å². The molecule has 1 fully saturated rings. The molecule has 1 N–H and O–H groups in total. The van der Waals surface area contributed by atoms with Crippen molar-refractivity contribution in [1.29, 1.82) is 0 Å². The SMILES string of the molecule is C=CC(=O)N1C[C@H](C)N(c2nc(=O)n3c4nc(c(F)cc24)C(=O)N(C)C(C)C(=O)NC(C)C(=O)N(C)c2ccnc(C(C)C)c2-3)C[C@H]1C. The largest absolute Gasteiger partial charge is 0.355 e. The molecular weight excluding hydrogens is 621 g/mol. The minimum absolute atomic E-state index is 0.0909. The Bertz CT molecular complexity index is 1910. The number of piperazine rings is 1. The Kier molecular flexibility index (Phi) is 9.08. The monoisotopic (exact) mass is 661 g/mol. The van der Waals surface area contributed by atoms with Gasteiger partial charge in [0.05, 0.1) is 22.5 Å². The summed E-state index contributed by atoms with van der Waals surface area (Å²) in [4.78, 5) is 86.9. The van der Waals surface area contributed by atoms with Crippen LogP contribution in [-0.4, -0.2) is 104 Å². The molecular formula is C33H40FN9O5. The van der Waals surface area contributed by atoms with Gasteiger partial charge in [0.2, 0.25) is 17.7 Å². The van der Waals surface area contributed by atoms with Crippen LogP contribution in [0.25, 0.3) is 16.7 Å². The number of nitrogens with zero attached hydrogens (tertiary/aromatic N) is 8. The average Bonchev–Trinajstić information content (AvgIpc) is 3.05. The molecule has 254 valence electrons. The molecule has 0 aromatic carbocycles. The van der Waals surface area contributed by atoms with E-state index < -0.39 is 47.0 Å².